The molecule has 0 aromatic carbocycles. The maximum absolute atomic E-state index is 13.0. The number of rotatable bonds is 3. The summed E-state index contributed by atoms with van der Waals surface area (Å²) in [6, 6.07) is -1.42. The molecule has 7 heteroatoms. The fraction of sp³-hybridized carbons (Fsp3) is 0.684. The lowest BCUT2D eigenvalue weighted by molar-refractivity contribution is -0.160. The van der Waals surface area contributed by atoms with Crippen LogP contribution in [0.1, 0.15) is 47.0 Å². The van der Waals surface area contributed by atoms with Gasteiger partial charge in [-0.1, -0.05) is 25.5 Å². The standard InChI is InChI=1S/C19H26N2O5/c1-5-6-9-20-12-8-7-11(16(20)23)13-10-14(22)15(12)17(24)21(13)18(25)26-19(2,3)4/h7-8,11-13,15H,5-6,9-10H2,1-4H3/t11-,12+,13-,15-/m1/s1. The van der Waals surface area contributed by atoms with Crippen molar-refractivity contribution in [3.8, 4) is 0 Å². The molecule has 7 nitrogen and oxygen atoms in total. The van der Waals surface area contributed by atoms with Crippen LogP contribution in [0.3, 0.4) is 0 Å². The maximum Gasteiger partial charge on any atom is 0.417 e. The van der Waals surface area contributed by atoms with Crippen molar-refractivity contribution in [3.63, 3.8) is 0 Å². The molecule has 0 saturated carbocycles. The number of carbonyl (C=O) groups excluding carboxylic acids is 4. The number of Topliss-reactive ketones (excluding diaryl/α,β-unsaturated/α-hetero) is 1. The molecule has 5 aliphatic heterocycles. The van der Waals surface area contributed by atoms with Gasteiger partial charge in [-0.25, -0.2) is 9.69 Å². The van der Waals surface area contributed by atoms with Crippen molar-refractivity contribution in [3.05, 3.63) is 12.2 Å². The van der Waals surface area contributed by atoms with E-state index in [1.54, 1.807) is 37.8 Å². The molecular weight excluding hydrogens is 336 g/mol. The zero-order valence-corrected chi connectivity index (χ0v) is 15.7. The predicted octanol–water partition coefficient (Wildman–Crippen LogP) is 1.90. The lowest BCUT2D eigenvalue weighted by Gasteiger charge is -2.50. The SMILES string of the molecule is CCCCN1C(=O)[C@@H]2C=C[C@H]1[C@@H]1C(=O)C[C@H]2N(C(=O)OC(C)(C)C)C1=O. The largest absolute Gasteiger partial charge is 0.443 e. The van der Waals surface area contributed by atoms with Crippen molar-refractivity contribution >= 4 is 23.7 Å². The molecule has 142 valence electrons. The van der Waals surface area contributed by atoms with Gasteiger partial charge in [-0.15, -0.1) is 0 Å². The van der Waals surface area contributed by atoms with Crippen LogP contribution in [-0.2, 0) is 19.1 Å². The summed E-state index contributed by atoms with van der Waals surface area (Å²) in [4.78, 5) is 54.0. The molecule has 0 unspecified atom stereocenters. The van der Waals surface area contributed by atoms with E-state index in [1.807, 2.05) is 6.92 Å². The first-order valence-corrected chi connectivity index (χ1v) is 9.23. The van der Waals surface area contributed by atoms with Gasteiger partial charge in [0.1, 0.15) is 17.3 Å². The Kier molecular flexibility index (Phi) is 4.67. The van der Waals surface area contributed by atoms with E-state index < -0.39 is 41.5 Å². The lowest BCUT2D eigenvalue weighted by atomic mass is 9.73. The summed E-state index contributed by atoms with van der Waals surface area (Å²) in [6.07, 6.45) is 4.49. The van der Waals surface area contributed by atoms with Crippen LogP contribution in [-0.4, -0.2) is 57.7 Å². The first kappa shape index (κ1) is 18.6. The lowest BCUT2D eigenvalue weighted by Crippen LogP contribution is -2.68. The van der Waals surface area contributed by atoms with Crippen LogP contribution in [0.25, 0.3) is 0 Å². The first-order valence-electron chi connectivity index (χ1n) is 9.23. The quantitative estimate of drug-likeness (QED) is 0.566. The van der Waals surface area contributed by atoms with Crippen LogP contribution >= 0.6 is 0 Å². The highest BCUT2D eigenvalue weighted by Crippen LogP contribution is 2.39. The summed E-state index contributed by atoms with van der Waals surface area (Å²) in [5.74, 6) is -2.58. The fourth-order valence-corrected chi connectivity index (χ4v) is 3.97. The average molecular weight is 362 g/mol. The maximum atomic E-state index is 13.0. The molecule has 4 bridgehead atoms. The Morgan fingerprint density at radius 1 is 1.19 bits per heavy atom. The number of carbonyl (C=O) groups is 4. The van der Waals surface area contributed by atoms with Gasteiger partial charge in [0, 0.05) is 13.0 Å². The summed E-state index contributed by atoms with van der Waals surface area (Å²) in [7, 11) is 0. The second-order valence-corrected chi connectivity index (χ2v) is 8.19. The van der Waals surface area contributed by atoms with Gasteiger partial charge in [-0.3, -0.25) is 14.4 Å². The molecule has 3 fully saturated rings. The fourth-order valence-electron chi connectivity index (χ4n) is 3.97. The minimum Gasteiger partial charge on any atom is -0.443 e. The third kappa shape index (κ3) is 3.04. The average Bonchev–Trinajstić information content (AvgIpc) is 2.50. The van der Waals surface area contributed by atoms with Crippen molar-refractivity contribution in [2.75, 3.05) is 6.54 Å². The van der Waals surface area contributed by atoms with Gasteiger partial charge < -0.3 is 9.64 Å². The second kappa shape index (κ2) is 6.52. The Hall–Kier alpha value is -2.18. The van der Waals surface area contributed by atoms with Crippen molar-refractivity contribution in [1.82, 2.24) is 9.80 Å². The number of hydrogen-bond donors (Lipinski definition) is 0. The molecule has 6 aliphatic rings. The first-order chi connectivity index (χ1) is 12.2. The van der Waals surface area contributed by atoms with Crippen LogP contribution in [0.15, 0.2) is 12.2 Å². The minimum absolute atomic E-state index is 0.00845. The van der Waals surface area contributed by atoms with Crippen LogP contribution in [0.4, 0.5) is 4.79 Å². The Morgan fingerprint density at radius 3 is 2.50 bits per heavy atom. The van der Waals surface area contributed by atoms with E-state index in [2.05, 4.69) is 0 Å². The van der Waals surface area contributed by atoms with E-state index in [-0.39, 0.29) is 18.1 Å². The normalized spacial score (nSPS) is 30.7. The molecule has 3 amide bonds. The monoisotopic (exact) mass is 362 g/mol. The zero-order valence-electron chi connectivity index (χ0n) is 15.7. The molecule has 26 heavy (non-hydrogen) atoms. The van der Waals surface area contributed by atoms with E-state index in [0.717, 1.165) is 17.7 Å². The molecule has 0 aromatic rings. The van der Waals surface area contributed by atoms with Crippen LogP contribution in [0.5, 0.6) is 0 Å². The summed E-state index contributed by atoms with van der Waals surface area (Å²) in [5, 5.41) is 0. The van der Waals surface area contributed by atoms with E-state index >= 15 is 0 Å². The zero-order chi connectivity index (χ0) is 19.2. The summed E-state index contributed by atoms with van der Waals surface area (Å²) in [5.41, 5.74) is -0.769. The molecule has 0 N–H and O–H groups in total. The van der Waals surface area contributed by atoms with Crippen LogP contribution in [0, 0.1) is 11.8 Å². The molecule has 0 aromatic heterocycles. The molecule has 0 spiro atoms. The van der Waals surface area contributed by atoms with Crippen molar-refractivity contribution in [2.45, 2.75) is 64.6 Å². The molecular formula is C19H26N2O5. The molecule has 1 aliphatic carbocycles. The van der Waals surface area contributed by atoms with Crippen LogP contribution in [0.2, 0.25) is 0 Å². The van der Waals surface area contributed by atoms with E-state index in [0.29, 0.717) is 6.54 Å². The van der Waals surface area contributed by atoms with Gasteiger partial charge in [0.2, 0.25) is 11.8 Å². The second-order valence-electron chi connectivity index (χ2n) is 8.19. The Balaban J connectivity index is 1.99. The van der Waals surface area contributed by atoms with Crippen LogP contribution < -0.4 is 0 Å². The molecule has 3 saturated heterocycles. The van der Waals surface area contributed by atoms with Gasteiger partial charge >= 0.3 is 6.09 Å². The Bertz CT molecular complexity index is 678. The van der Waals surface area contributed by atoms with Gasteiger partial charge in [0.25, 0.3) is 0 Å². The Morgan fingerprint density at radius 2 is 1.88 bits per heavy atom. The van der Waals surface area contributed by atoms with Gasteiger partial charge in [0.15, 0.2) is 0 Å². The number of nitrogens with zero attached hydrogens (tertiary/aromatic N) is 2. The highest BCUT2D eigenvalue weighted by atomic mass is 16.6. The highest BCUT2D eigenvalue weighted by Gasteiger charge is 2.57. The molecule has 5 heterocycles. The van der Waals surface area contributed by atoms with Crippen molar-refractivity contribution < 1.29 is 23.9 Å². The number of hydrogen-bond acceptors (Lipinski definition) is 5. The third-order valence-corrected chi connectivity index (χ3v) is 5.13. The number of ketones is 1. The number of ether oxygens (including phenoxy) is 1. The number of piperidine rings is 1. The summed E-state index contributed by atoms with van der Waals surface area (Å²) >= 11 is 0. The predicted molar refractivity (Wildman–Crippen MR) is 93.0 cm³/mol. The molecule has 6 rings (SSSR count). The number of amides is 3. The smallest absolute Gasteiger partial charge is 0.417 e. The minimum atomic E-state index is -1.03. The number of imide groups is 1. The van der Waals surface area contributed by atoms with E-state index in [1.165, 1.54) is 0 Å². The van der Waals surface area contributed by atoms with Crippen molar-refractivity contribution in [2.24, 2.45) is 11.8 Å². The van der Waals surface area contributed by atoms with Gasteiger partial charge in [-0.05, 0) is 27.2 Å². The van der Waals surface area contributed by atoms with E-state index in [9.17, 15) is 19.2 Å². The third-order valence-electron chi connectivity index (χ3n) is 5.13. The molecule has 0 radical (unpaired) electrons. The Labute approximate surface area is 153 Å². The summed E-state index contributed by atoms with van der Waals surface area (Å²) < 4.78 is 5.37. The topological polar surface area (TPSA) is 84.0 Å². The summed E-state index contributed by atoms with van der Waals surface area (Å²) in [6.45, 7) is 7.68. The highest BCUT2D eigenvalue weighted by molar-refractivity contribution is 6.11. The van der Waals surface area contributed by atoms with E-state index in [4.69, 9.17) is 4.74 Å². The molecule has 4 atom stereocenters. The number of unbranched alkanes of at least 4 members (excludes halogenated alkanes) is 1. The van der Waals surface area contributed by atoms with Gasteiger partial charge in [-0.2, -0.15) is 0 Å². The van der Waals surface area contributed by atoms with Gasteiger partial charge in [0.05, 0.1) is 18.0 Å². The van der Waals surface area contributed by atoms with Crippen molar-refractivity contribution in [1.29, 1.82) is 0 Å².